The van der Waals surface area contributed by atoms with Crippen molar-refractivity contribution in [2.24, 2.45) is 0 Å². The fraction of sp³-hybridized carbons (Fsp3) is 0.538. The van der Waals surface area contributed by atoms with Gasteiger partial charge in [0, 0.05) is 12.2 Å². The van der Waals surface area contributed by atoms with Crippen molar-refractivity contribution in [1.29, 1.82) is 0 Å². The van der Waals surface area contributed by atoms with Gasteiger partial charge in [-0.05, 0) is 25.5 Å². The first-order valence-corrected chi connectivity index (χ1v) is 6.16. The predicted octanol–water partition coefficient (Wildman–Crippen LogP) is 2.36. The maximum Gasteiger partial charge on any atom is 0.253 e. The third-order valence-electron chi connectivity index (χ3n) is 2.67. The van der Waals surface area contributed by atoms with E-state index in [1.165, 1.54) is 19.0 Å². The molecule has 0 saturated heterocycles. The molecule has 4 nitrogen and oxygen atoms in total. The number of pyridine rings is 1. The first-order chi connectivity index (χ1) is 8.13. The Bertz CT molecular complexity index is 348. The average Bonchev–Trinajstić information content (AvgIpc) is 2.30. The van der Waals surface area contributed by atoms with Crippen molar-refractivity contribution in [3.8, 4) is 0 Å². The third-order valence-corrected chi connectivity index (χ3v) is 2.67. The summed E-state index contributed by atoms with van der Waals surface area (Å²) in [6, 6.07) is 3.53. The van der Waals surface area contributed by atoms with Crippen LogP contribution in [0.4, 0.5) is 5.82 Å². The minimum Gasteiger partial charge on any atom is -0.384 e. The molecule has 4 heteroatoms. The van der Waals surface area contributed by atoms with Gasteiger partial charge in [0.25, 0.3) is 5.91 Å². The quantitative estimate of drug-likeness (QED) is 0.744. The van der Waals surface area contributed by atoms with Crippen LogP contribution in [0.2, 0.25) is 0 Å². The van der Waals surface area contributed by atoms with Crippen LogP contribution in [0.25, 0.3) is 0 Å². The number of aromatic nitrogens is 1. The Kier molecular flexibility index (Phi) is 5.46. The van der Waals surface area contributed by atoms with Crippen LogP contribution in [0.5, 0.6) is 0 Å². The molecule has 1 atom stereocenters. The molecular formula is C13H21N3O. The Morgan fingerprint density at radius 3 is 2.82 bits per heavy atom. The molecule has 94 valence electrons. The van der Waals surface area contributed by atoms with Gasteiger partial charge in [-0.2, -0.15) is 0 Å². The molecular weight excluding hydrogens is 214 g/mol. The van der Waals surface area contributed by atoms with Gasteiger partial charge >= 0.3 is 0 Å². The highest BCUT2D eigenvalue weighted by atomic mass is 16.1. The van der Waals surface area contributed by atoms with Crippen molar-refractivity contribution in [2.45, 2.75) is 45.6 Å². The highest BCUT2D eigenvalue weighted by Crippen LogP contribution is 2.05. The molecule has 1 rings (SSSR count). The smallest absolute Gasteiger partial charge is 0.253 e. The lowest BCUT2D eigenvalue weighted by molar-refractivity contribution is 0.0937. The summed E-state index contributed by atoms with van der Waals surface area (Å²) in [6.07, 6.45) is 6.08. The topological polar surface area (TPSA) is 68.0 Å². The first-order valence-electron chi connectivity index (χ1n) is 6.16. The molecule has 1 aromatic heterocycles. The molecule has 0 saturated carbocycles. The van der Waals surface area contributed by atoms with E-state index in [9.17, 15) is 4.79 Å². The average molecular weight is 235 g/mol. The Morgan fingerprint density at radius 1 is 1.47 bits per heavy atom. The molecule has 0 aliphatic carbocycles. The molecule has 1 aromatic rings. The summed E-state index contributed by atoms with van der Waals surface area (Å²) in [4.78, 5) is 15.7. The number of nitrogen functional groups attached to an aromatic ring is 1. The number of hydrogen-bond acceptors (Lipinski definition) is 3. The SMILES string of the molecule is CCCCCC(C)NC(=O)c1ccc(N)nc1. The monoisotopic (exact) mass is 235 g/mol. The van der Waals surface area contributed by atoms with Gasteiger partial charge in [-0.1, -0.05) is 26.2 Å². The van der Waals surface area contributed by atoms with E-state index < -0.39 is 0 Å². The van der Waals surface area contributed by atoms with Gasteiger partial charge in [0.15, 0.2) is 0 Å². The number of amides is 1. The zero-order valence-corrected chi connectivity index (χ0v) is 10.6. The molecule has 1 heterocycles. The summed E-state index contributed by atoms with van der Waals surface area (Å²) in [6.45, 7) is 4.20. The highest BCUT2D eigenvalue weighted by Gasteiger charge is 2.09. The van der Waals surface area contributed by atoms with Crippen LogP contribution in [0, 0.1) is 0 Å². The number of nitrogens with zero attached hydrogens (tertiary/aromatic N) is 1. The molecule has 0 spiro atoms. The summed E-state index contributed by atoms with van der Waals surface area (Å²) in [7, 11) is 0. The fourth-order valence-corrected chi connectivity index (χ4v) is 1.62. The Balaban J connectivity index is 2.40. The molecule has 0 aliphatic heterocycles. The van der Waals surface area contributed by atoms with Crippen molar-refractivity contribution < 1.29 is 4.79 Å². The predicted molar refractivity (Wildman–Crippen MR) is 69.7 cm³/mol. The van der Waals surface area contributed by atoms with Crippen molar-refractivity contribution in [2.75, 3.05) is 5.73 Å². The normalized spacial score (nSPS) is 12.1. The van der Waals surface area contributed by atoms with Crippen LogP contribution in [0.15, 0.2) is 18.3 Å². The van der Waals surface area contributed by atoms with E-state index in [1.54, 1.807) is 12.1 Å². The Labute approximate surface area is 103 Å². The molecule has 17 heavy (non-hydrogen) atoms. The zero-order valence-electron chi connectivity index (χ0n) is 10.6. The van der Waals surface area contributed by atoms with E-state index in [0.29, 0.717) is 11.4 Å². The number of nitrogens with two attached hydrogens (primary N) is 1. The number of rotatable bonds is 6. The standard InChI is InChI=1S/C13H21N3O/c1-3-4-5-6-10(2)16-13(17)11-7-8-12(14)15-9-11/h7-10H,3-6H2,1-2H3,(H2,14,15)(H,16,17). The summed E-state index contributed by atoms with van der Waals surface area (Å²) in [5.74, 6) is 0.346. The van der Waals surface area contributed by atoms with Crippen molar-refractivity contribution in [3.63, 3.8) is 0 Å². The third kappa shape index (κ3) is 4.85. The number of carbonyl (C=O) groups is 1. The molecule has 0 fully saturated rings. The summed E-state index contributed by atoms with van der Waals surface area (Å²) in [5, 5.41) is 2.95. The zero-order chi connectivity index (χ0) is 12.7. The van der Waals surface area contributed by atoms with Crippen molar-refractivity contribution in [3.05, 3.63) is 23.9 Å². The second kappa shape index (κ2) is 6.89. The van der Waals surface area contributed by atoms with Crippen LogP contribution in [-0.2, 0) is 0 Å². The highest BCUT2D eigenvalue weighted by molar-refractivity contribution is 5.94. The lowest BCUT2D eigenvalue weighted by Crippen LogP contribution is -2.32. The van der Waals surface area contributed by atoms with Gasteiger partial charge in [-0.15, -0.1) is 0 Å². The van der Waals surface area contributed by atoms with Crippen molar-refractivity contribution >= 4 is 11.7 Å². The molecule has 3 N–H and O–H groups in total. The minimum atomic E-state index is -0.0819. The largest absolute Gasteiger partial charge is 0.384 e. The van der Waals surface area contributed by atoms with Gasteiger partial charge in [0.1, 0.15) is 5.82 Å². The van der Waals surface area contributed by atoms with Crippen LogP contribution < -0.4 is 11.1 Å². The lowest BCUT2D eigenvalue weighted by Gasteiger charge is -2.13. The minimum absolute atomic E-state index is 0.0819. The van der Waals surface area contributed by atoms with Crippen LogP contribution >= 0.6 is 0 Å². The molecule has 1 unspecified atom stereocenters. The van der Waals surface area contributed by atoms with E-state index in [2.05, 4.69) is 17.2 Å². The number of unbranched alkanes of at least 4 members (excludes halogenated alkanes) is 2. The van der Waals surface area contributed by atoms with Gasteiger partial charge < -0.3 is 11.1 Å². The maximum atomic E-state index is 11.8. The maximum absolute atomic E-state index is 11.8. The van der Waals surface area contributed by atoms with Gasteiger partial charge in [-0.25, -0.2) is 4.98 Å². The molecule has 0 radical (unpaired) electrons. The number of carbonyl (C=O) groups excluding carboxylic acids is 1. The van der Waals surface area contributed by atoms with Crippen LogP contribution in [-0.4, -0.2) is 16.9 Å². The number of anilines is 1. The van der Waals surface area contributed by atoms with Crippen LogP contribution in [0.1, 0.15) is 49.9 Å². The van der Waals surface area contributed by atoms with E-state index in [1.807, 2.05) is 6.92 Å². The Hall–Kier alpha value is -1.58. The van der Waals surface area contributed by atoms with Gasteiger partial charge in [0.2, 0.25) is 0 Å². The van der Waals surface area contributed by atoms with E-state index in [-0.39, 0.29) is 11.9 Å². The lowest BCUT2D eigenvalue weighted by atomic mass is 10.1. The number of hydrogen-bond donors (Lipinski definition) is 2. The van der Waals surface area contributed by atoms with Gasteiger partial charge in [-0.3, -0.25) is 4.79 Å². The molecule has 1 amide bonds. The van der Waals surface area contributed by atoms with E-state index >= 15 is 0 Å². The second-order valence-corrected chi connectivity index (χ2v) is 4.34. The van der Waals surface area contributed by atoms with E-state index in [0.717, 1.165) is 12.8 Å². The van der Waals surface area contributed by atoms with Crippen molar-refractivity contribution in [1.82, 2.24) is 10.3 Å². The summed E-state index contributed by atoms with van der Waals surface area (Å²) < 4.78 is 0. The summed E-state index contributed by atoms with van der Waals surface area (Å²) in [5.41, 5.74) is 6.02. The first kappa shape index (κ1) is 13.5. The van der Waals surface area contributed by atoms with Crippen LogP contribution in [0.3, 0.4) is 0 Å². The second-order valence-electron chi connectivity index (χ2n) is 4.34. The Morgan fingerprint density at radius 2 is 2.24 bits per heavy atom. The summed E-state index contributed by atoms with van der Waals surface area (Å²) >= 11 is 0. The number of nitrogens with one attached hydrogen (secondary N) is 1. The molecule has 0 aromatic carbocycles. The van der Waals surface area contributed by atoms with Gasteiger partial charge in [0.05, 0.1) is 5.56 Å². The molecule has 0 aliphatic rings. The molecule has 0 bridgehead atoms. The van der Waals surface area contributed by atoms with E-state index in [4.69, 9.17) is 5.73 Å². The fourth-order valence-electron chi connectivity index (χ4n) is 1.62.